The summed E-state index contributed by atoms with van der Waals surface area (Å²) in [6.07, 6.45) is 8.36. The van der Waals surface area contributed by atoms with Crippen LogP contribution in [0.2, 0.25) is 0 Å². The second-order valence-electron chi connectivity index (χ2n) is 12.1. The summed E-state index contributed by atoms with van der Waals surface area (Å²) in [7, 11) is 0. The van der Waals surface area contributed by atoms with Crippen LogP contribution in [0, 0.1) is 0 Å². The molecular formula is C33H38N6O4. The van der Waals surface area contributed by atoms with E-state index >= 15 is 0 Å². The summed E-state index contributed by atoms with van der Waals surface area (Å²) in [5.74, 6) is 2.06. The van der Waals surface area contributed by atoms with Gasteiger partial charge in [-0.2, -0.15) is 0 Å². The molecule has 4 heterocycles. The average molecular weight is 583 g/mol. The molecule has 3 aliphatic heterocycles. The number of rotatable bonds is 3. The van der Waals surface area contributed by atoms with E-state index in [9.17, 15) is 9.59 Å². The second kappa shape index (κ2) is 12.3. The number of piperidine rings is 1. The number of likely N-dealkylation sites (tertiary alicyclic amines) is 1. The molecule has 4 bridgehead atoms. The highest BCUT2D eigenvalue weighted by Crippen LogP contribution is 2.30. The molecule has 224 valence electrons. The first-order chi connectivity index (χ1) is 21.1. The van der Waals surface area contributed by atoms with Crippen molar-refractivity contribution in [3.63, 3.8) is 0 Å². The number of carbonyl (C=O) groups is 2. The lowest BCUT2D eigenvalue weighted by Crippen LogP contribution is -2.48. The summed E-state index contributed by atoms with van der Waals surface area (Å²) in [5.41, 5.74) is 2.46. The van der Waals surface area contributed by atoms with E-state index in [0.717, 1.165) is 67.8 Å². The fourth-order valence-corrected chi connectivity index (χ4v) is 6.31. The monoisotopic (exact) mass is 582 g/mol. The van der Waals surface area contributed by atoms with Gasteiger partial charge in [0.15, 0.2) is 0 Å². The molecule has 0 unspecified atom stereocenters. The third-order valence-corrected chi connectivity index (χ3v) is 8.71. The van der Waals surface area contributed by atoms with E-state index in [-0.39, 0.29) is 24.0 Å². The van der Waals surface area contributed by atoms with Gasteiger partial charge in [0.2, 0.25) is 5.91 Å². The van der Waals surface area contributed by atoms with E-state index in [1.54, 1.807) is 12.4 Å². The Labute approximate surface area is 252 Å². The highest BCUT2D eigenvalue weighted by molar-refractivity contribution is 5.92. The van der Waals surface area contributed by atoms with Crippen LogP contribution in [0.3, 0.4) is 0 Å². The highest BCUT2D eigenvalue weighted by Gasteiger charge is 2.37. The minimum absolute atomic E-state index is 0.0195. The molecule has 0 radical (unpaired) electrons. The van der Waals surface area contributed by atoms with Crippen LogP contribution < -0.4 is 15.0 Å². The molecule has 2 amide bonds. The molecule has 2 aromatic carbocycles. The van der Waals surface area contributed by atoms with E-state index in [1.165, 1.54) is 0 Å². The number of amides is 2. The van der Waals surface area contributed by atoms with Gasteiger partial charge in [-0.25, -0.2) is 4.98 Å². The Hall–Kier alpha value is -4.02. The van der Waals surface area contributed by atoms with E-state index < -0.39 is 0 Å². The van der Waals surface area contributed by atoms with Crippen LogP contribution in [0.1, 0.15) is 53.7 Å². The van der Waals surface area contributed by atoms with Gasteiger partial charge in [-0.15, -0.1) is 0 Å². The van der Waals surface area contributed by atoms with Gasteiger partial charge in [0.1, 0.15) is 23.0 Å². The lowest BCUT2D eigenvalue weighted by atomic mass is 10.1. The maximum Gasteiger partial charge on any atom is 0.274 e. The Morgan fingerprint density at radius 3 is 2.47 bits per heavy atom. The van der Waals surface area contributed by atoms with Crippen LogP contribution >= 0.6 is 0 Å². The molecule has 1 aromatic heterocycles. The number of benzene rings is 2. The molecule has 1 aliphatic carbocycles. The molecular weight excluding hydrogens is 544 g/mol. The number of nitrogens with one attached hydrogen (secondary N) is 1. The van der Waals surface area contributed by atoms with Crippen molar-refractivity contribution >= 4 is 17.6 Å². The van der Waals surface area contributed by atoms with Crippen LogP contribution in [0.25, 0.3) is 0 Å². The smallest absolute Gasteiger partial charge is 0.274 e. The zero-order valence-corrected chi connectivity index (χ0v) is 24.4. The number of fused-ring (bicyclic) bond motifs is 5. The molecule has 2 atom stereocenters. The third-order valence-electron chi connectivity index (χ3n) is 8.71. The Kier molecular flexibility index (Phi) is 7.95. The van der Waals surface area contributed by atoms with E-state index in [1.807, 2.05) is 41.3 Å². The lowest BCUT2D eigenvalue weighted by molar-refractivity contribution is -0.124. The summed E-state index contributed by atoms with van der Waals surface area (Å²) < 4.78 is 12.7. The molecule has 3 fully saturated rings. The van der Waals surface area contributed by atoms with Crippen molar-refractivity contribution in [2.24, 2.45) is 0 Å². The van der Waals surface area contributed by atoms with Crippen LogP contribution in [-0.2, 0) is 22.7 Å². The number of hydrogen-bond donors (Lipinski definition) is 1. The zero-order chi connectivity index (χ0) is 29.2. The van der Waals surface area contributed by atoms with E-state index in [2.05, 4.69) is 32.2 Å². The first kappa shape index (κ1) is 27.8. The summed E-state index contributed by atoms with van der Waals surface area (Å²) in [4.78, 5) is 41.9. The zero-order valence-electron chi connectivity index (χ0n) is 24.4. The molecule has 1 N–H and O–H groups in total. The molecule has 4 aliphatic rings. The maximum absolute atomic E-state index is 13.5. The number of aromatic nitrogens is 2. The lowest BCUT2D eigenvalue weighted by Gasteiger charge is -2.26. The Balaban J connectivity index is 1.13. The topological polar surface area (TPSA) is 100 Å². The fourth-order valence-electron chi connectivity index (χ4n) is 6.31. The largest absolute Gasteiger partial charge is 0.457 e. The van der Waals surface area contributed by atoms with Gasteiger partial charge < -0.3 is 24.6 Å². The van der Waals surface area contributed by atoms with Gasteiger partial charge in [0.25, 0.3) is 5.91 Å². The van der Waals surface area contributed by atoms with Crippen molar-refractivity contribution in [2.75, 3.05) is 37.6 Å². The van der Waals surface area contributed by atoms with Gasteiger partial charge in [-0.1, -0.05) is 24.3 Å². The van der Waals surface area contributed by atoms with Gasteiger partial charge in [-0.3, -0.25) is 19.5 Å². The summed E-state index contributed by atoms with van der Waals surface area (Å²) in [6.45, 7) is 3.92. The summed E-state index contributed by atoms with van der Waals surface area (Å²) in [5, 5.41) is 3.28. The number of ether oxygens (including phenoxy) is 2. The van der Waals surface area contributed by atoms with E-state index in [4.69, 9.17) is 14.5 Å². The van der Waals surface area contributed by atoms with Crippen LogP contribution in [0.5, 0.6) is 11.5 Å². The summed E-state index contributed by atoms with van der Waals surface area (Å²) in [6, 6.07) is 16.2. The van der Waals surface area contributed by atoms with Crippen molar-refractivity contribution in [1.29, 1.82) is 0 Å². The molecule has 2 saturated heterocycles. The Morgan fingerprint density at radius 2 is 1.67 bits per heavy atom. The molecule has 10 heteroatoms. The van der Waals surface area contributed by atoms with Crippen molar-refractivity contribution in [1.82, 2.24) is 25.1 Å². The van der Waals surface area contributed by atoms with Crippen molar-refractivity contribution in [3.05, 3.63) is 77.7 Å². The molecule has 0 spiro atoms. The maximum atomic E-state index is 13.5. The number of anilines is 1. The van der Waals surface area contributed by atoms with Gasteiger partial charge in [-0.05, 0) is 67.5 Å². The summed E-state index contributed by atoms with van der Waals surface area (Å²) >= 11 is 0. The van der Waals surface area contributed by atoms with Gasteiger partial charge in [0.05, 0.1) is 37.7 Å². The number of carbonyl (C=O) groups excluding carboxylic acids is 2. The minimum atomic E-state index is -0.271. The highest BCUT2D eigenvalue weighted by atomic mass is 16.5. The Bertz CT molecular complexity index is 1470. The van der Waals surface area contributed by atoms with Gasteiger partial charge in [0, 0.05) is 38.8 Å². The number of nitrogens with zero attached hydrogens (tertiary/aromatic N) is 5. The SMILES string of the molecule is O=C1CN(C2CC2)Cc2cccc(c2)Oc2cccc(c2)CO[C@H]2CN(c3cncc(C(=O)N4CCCCC4)n3)C[C@@H]2N1. The van der Waals surface area contributed by atoms with Gasteiger partial charge >= 0.3 is 0 Å². The molecule has 10 nitrogen and oxygen atoms in total. The predicted molar refractivity (Wildman–Crippen MR) is 161 cm³/mol. The fraction of sp³-hybridized carbons (Fsp3) is 0.455. The second-order valence-corrected chi connectivity index (χ2v) is 12.1. The third kappa shape index (κ3) is 6.65. The van der Waals surface area contributed by atoms with Crippen LogP contribution in [-0.4, -0.2) is 82.5 Å². The quantitative estimate of drug-likeness (QED) is 0.499. The first-order valence-corrected chi connectivity index (χ1v) is 15.4. The molecule has 7 rings (SSSR count). The predicted octanol–water partition coefficient (Wildman–Crippen LogP) is 3.76. The standard InChI is InChI=1S/C33H38N6O4/c40-32-21-38(25-10-11-25)18-23-6-4-8-26(14-23)43-27-9-5-7-24(15-27)22-42-30-20-39(19-29(30)36-32)31-17-34-16-28(35-31)33(41)37-12-2-1-3-13-37/h4-9,14-17,25,29-30H,1-3,10-13,18-22H2,(H,36,40)/t29-,30-/m0/s1. The molecule has 43 heavy (non-hydrogen) atoms. The van der Waals surface area contributed by atoms with Crippen LogP contribution in [0.15, 0.2) is 60.9 Å². The van der Waals surface area contributed by atoms with Crippen molar-refractivity contribution < 1.29 is 19.1 Å². The normalized spacial score (nSPS) is 23.3. The average Bonchev–Trinajstić information content (AvgIpc) is 3.81. The molecule has 3 aromatic rings. The Morgan fingerprint density at radius 1 is 0.907 bits per heavy atom. The number of hydrogen-bond acceptors (Lipinski definition) is 8. The minimum Gasteiger partial charge on any atom is -0.457 e. The first-order valence-electron chi connectivity index (χ1n) is 15.4. The van der Waals surface area contributed by atoms with Crippen molar-refractivity contribution in [3.8, 4) is 11.5 Å². The van der Waals surface area contributed by atoms with Crippen LogP contribution in [0.4, 0.5) is 5.82 Å². The van der Waals surface area contributed by atoms with E-state index in [0.29, 0.717) is 50.3 Å². The molecule has 1 saturated carbocycles. The van der Waals surface area contributed by atoms with Crippen molar-refractivity contribution in [2.45, 2.75) is 63.4 Å².